The van der Waals surface area contributed by atoms with Crippen LogP contribution >= 0.6 is 11.3 Å². The minimum Gasteiger partial charge on any atom is -0.306 e. The number of hydrogen-bond acceptors (Lipinski definition) is 4. The van der Waals surface area contributed by atoms with Crippen LogP contribution in [-0.2, 0) is 6.54 Å². The van der Waals surface area contributed by atoms with Crippen molar-refractivity contribution in [3.63, 3.8) is 0 Å². The molecule has 0 spiro atoms. The summed E-state index contributed by atoms with van der Waals surface area (Å²) in [4.78, 5) is 9.68. The summed E-state index contributed by atoms with van der Waals surface area (Å²) < 4.78 is 0. The average molecular weight is 315 g/mol. The van der Waals surface area contributed by atoms with Gasteiger partial charge in [0.25, 0.3) is 0 Å². The Kier molecular flexibility index (Phi) is 5.24. The number of benzene rings is 1. The molecular formula is C18H25N3S. The first-order valence-corrected chi connectivity index (χ1v) is 8.95. The molecule has 2 heterocycles. The SMILES string of the molecule is CN1CCCC(CN(C)Cc2csc(-c3ccccc3)n2)C1. The van der Waals surface area contributed by atoms with Crippen molar-refractivity contribution in [2.45, 2.75) is 19.4 Å². The van der Waals surface area contributed by atoms with Crippen LogP contribution in [0.3, 0.4) is 0 Å². The number of rotatable bonds is 5. The van der Waals surface area contributed by atoms with Crippen molar-refractivity contribution in [2.24, 2.45) is 5.92 Å². The number of nitrogens with zero attached hydrogens (tertiary/aromatic N) is 3. The predicted octanol–water partition coefficient (Wildman–Crippen LogP) is 3.58. The highest BCUT2D eigenvalue weighted by Gasteiger charge is 2.19. The van der Waals surface area contributed by atoms with Gasteiger partial charge >= 0.3 is 0 Å². The molecule has 1 aliphatic heterocycles. The summed E-state index contributed by atoms with van der Waals surface area (Å²) in [5.74, 6) is 0.802. The first-order chi connectivity index (χ1) is 10.7. The van der Waals surface area contributed by atoms with Crippen LogP contribution in [0.2, 0.25) is 0 Å². The fourth-order valence-corrected chi connectivity index (χ4v) is 4.11. The van der Waals surface area contributed by atoms with Gasteiger partial charge in [0.1, 0.15) is 5.01 Å². The van der Waals surface area contributed by atoms with Crippen LogP contribution in [0.1, 0.15) is 18.5 Å². The molecule has 118 valence electrons. The highest BCUT2D eigenvalue weighted by atomic mass is 32.1. The Bertz CT molecular complexity index is 581. The summed E-state index contributed by atoms with van der Waals surface area (Å²) in [6, 6.07) is 10.4. The second-order valence-electron chi connectivity index (χ2n) is 6.48. The van der Waals surface area contributed by atoms with Crippen LogP contribution in [0, 0.1) is 5.92 Å². The van der Waals surface area contributed by atoms with Crippen molar-refractivity contribution in [2.75, 3.05) is 33.7 Å². The van der Waals surface area contributed by atoms with Gasteiger partial charge in [-0.05, 0) is 39.4 Å². The highest BCUT2D eigenvalue weighted by molar-refractivity contribution is 7.13. The average Bonchev–Trinajstić information content (AvgIpc) is 2.96. The first kappa shape index (κ1) is 15.7. The maximum absolute atomic E-state index is 4.79. The van der Waals surface area contributed by atoms with Gasteiger partial charge in [0.05, 0.1) is 5.69 Å². The van der Waals surface area contributed by atoms with E-state index in [1.165, 1.54) is 43.7 Å². The minimum atomic E-state index is 0.802. The summed E-state index contributed by atoms with van der Waals surface area (Å²) in [5, 5.41) is 3.33. The summed E-state index contributed by atoms with van der Waals surface area (Å²) >= 11 is 1.75. The molecule has 1 aromatic carbocycles. The molecule has 1 saturated heterocycles. The van der Waals surface area contributed by atoms with Crippen LogP contribution in [-0.4, -0.2) is 48.5 Å². The molecule has 1 aromatic heterocycles. The van der Waals surface area contributed by atoms with Gasteiger partial charge in [-0.1, -0.05) is 30.3 Å². The zero-order valence-electron chi connectivity index (χ0n) is 13.5. The minimum absolute atomic E-state index is 0.802. The van der Waals surface area contributed by atoms with Gasteiger partial charge in [-0.2, -0.15) is 0 Å². The monoisotopic (exact) mass is 315 g/mol. The van der Waals surface area contributed by atoms with E-state index >= 15 is 0 Å². The molecule has 0 radical (unpaired) electrons. The zero-order chi connectivity index (χ0) is 15.4. The van der Waals surface area contributed by atoms with Gasteiger partial charge < -0.3 is 9.80 Å². The Morgan fingerprint density at radius 3 is 2.91 bits per heavy atom. The van der Waals surface area contributed by atoms with Gasteiger partial charge in [-0.15, -0.1) is 11.3 Å². The summed E-state index contributed by atoms with van der Waals surface area (Å²) in [7, 11) is 4.45. The van der Waals surface area contributed by atoms with E-state index in [1.54, 1.807) is 11.3 Å². The van der Waals surface area contributed by atoms with Crippen molar-refractivity contribution in [3.05, 3.63) is 41.4 Å². The zero-order valence-corrected chi connectivity index (χ0v) is 14.4. The molecular weight excluding hydrogens is 290 g/mol. The Morgan fingerprint density at radius 2 is 2.14 bits per heavy atom. The second kappa shape index (κ2) is 7.36. The smallest absolute Gasteiger partial charge is 0.123 e. The van der Waals surface area contributed by atoms with Crippen molar-refractivity contribution >= 4 is 11.3 Å². The van der Waals surface area contributed by atoms with Crippen LogP contribution < -0.4 is 0 Å². The normalized spacial score (nSPS) is 19.7. The molecule has 1 atom stereocenters. The van der Waals surface area contributed by atoms with Gasteiger partial charge in [0.2, 0.25) is 0 Å². The third-order valence-electron chi connectivity index (χ3n) is 4.30. The molecule has 2 aromatic rings. The number of likely N-dealkylation sites (tertiary alicyclic amines) is 1. The fourth-order valence-electron chi connectivity index (χ4n) is 3.30. The van der Waals surface area contributed by atoms with Gasteiger partial charge in [0.15, 0.2) is 0 Å². The largest absolute Gasteiger partial charge is 0.306 e. The van der Waals surface area contributed by atoms with E-state index in [2.05, 4.69) is 53.5 Å². The molecule has 3 rings (SSSR count). The quantitative estimate of drug-likeness (QED) is 0.840. The lowest BCUT2D eigenvalue weighted by atomic mass is 9.98. The highest BCUT2D eigenvalue weighted by Crippen LogP contribution is 2.24. The molecule has 0 N–H and O–H groups in total. The molecule has 4 heteroatoms. The molecule has 3 nitrogen and oxygen atoms in total. The standard InChI is InChI=1S/C18H25N3S/c1-20-10-6-7-15(11-20)12-21(2)13-17-14-22-18(19-17)16-8-4-3-5-9-16/h3-5,8-9,14-15H,6-7,10-13H2,1-2H3. The van der Waals surface area contributed by atoms with E-state index in [1.807, 2.05) is 6.07 Å². The Labute approximate surface area is 137 Å². The molecule has 0 aliphatic carbocycles. The number of thiazole rings is 1. The molecule has 0 saturated carbocycles. The lowest BCUT2D eigenvalue weighted by Crippen LogP contribution is -2.37. The van der Waals surface area contributed by atoms with Crippen LogP contribution in [0.15, 0.2) is 35.7 Å². The van der Waals surface area contributed by atoms with E-state index < -0.39 is 0 Å². The van der Waals surface area contributed by atoms with E-state index in [9.17, 15) is 0 Å². The summed E-state index contributed by atoms with van der Waals surface area (Å²) in [5.41, 5.74) is 2.41. The van der Waals surface area contributed by atoms with Gasteiger partial charge in [-0.25, -0.2) is 4.98 Å². The Hall–Kier alpha value is -1.23. The van der Waals surface area contributed by atoms with E-state index in [0.717, 1.165) is 17.5 Å². The lowest BCUT2D eigenvalue weighted by molar-refractivity contribution is 0.163. The van der Waals surface area contributed by atoms with E-state index in [-0.39, 0.29) is 0 Å². The van der Waals surface area contributed by atoms with Gasteiger partial charge in [0, 0.05) is 30.6 Å². The van der Waals surface area contributed by atoms with Crippen molar-refractivity contribution in [3.8, 4) is 10.6 Å². The topological polar surface area (TPSA) is 19.4 Å². The summed E-state index contributed by atoms with van der Waals surface area (Å²) in [6.07, 6.45) is 2.70. The summed E-state index contributed by atoms with van der Waals surface area (Å²) in [6.45, 7) is 4.61. The first-order valence-electron chi connectivity index (χ1n) is 8.07. The third-order valence-corrected chi connectivity index (χ3v) is 5.24. The van der Waals surface area contributed by atoms with Crippen LogP contribution in [0.5, 0.6) is 0 Å². The molecule has 0 bridgehead atoms. The maximum Gasteiger partial charge on any atom is 0.123 e. The Balaban J connectivity index is 1.56. The third kappa shape index (κ3) is 4.15. The Morgan fingerprint density at radius 1 is 1.32 bits per heavy atom. The van der Waals surface area contributed by atoms with Crippen LogP contribution in [0.25, 0.3) is 10.6 Å². The van der Waals surface area contributed by atoms with E-state index in [4.69, 9.17) is 4.98 Å². The fraction of sp³-hybridized carbons (Fsp3) is 0.500. The lowest BCUT2D eigenvalue weighted by Gasteiger charge is -2.32. The molecule has 1 fully saturated rings. The van der Waals surface area contributed by atoms with Crippen molar-refractivity contribution in [1.82, 2.24) is 14.8 Å². The number of hydrogen-bond donors (Lipinski definition) is 0. The molecule has 0 amide bonds. The van der Waals surface area contributed by atoms with Crippen LogP contribution in [0.4, 0.5) is 0 Å². The van der Waals surface area contributed by atoms with Crippen molar-refractivity contribution < 1.29 is 0 Å². The molecule has 1 aliphatic rings. The molecule has 22 heavy (non-hydrogen) atoms. The predicted molar refractivity (Wildman–Crippen MR) is 94.1 cm³/mol. The maximum atomic E-state index is 4.79. The van der Waals surface area contributed by atoms with E-state index in [0.29, 0.717) is 0 Å². The number of aromatic nitrogens is 1. The second-order valence-corrected chi connectivity index (χ2v) is 7.34. The molecule has 1 unspecified atom stereocenters. The van der Waals surface area contributed by atoms with Gasteiger partial charge in [-0.3, -0.25) is 0 Å². The van der Waals surface area contributed by atoms with Crippen molar-refractivity contribution in [1.29, 1.82) is 0 Å². The number of piperidine rings is 1.